The standard InChI is InChI=1S/C59H114O17P2/c1-6-9-12-15-18-20-21-23-28-33-38-43-57(62)70-49-55(76-59(64)45-40-35-30-25-24-27-31-36-41-52(4)5)51-74-78(67,68)72-47-53(60)46-71-77(65,66)73-50-54(48-69-56(61)42-37-32-26-17-14-11-8-3)75-58(63)44-39-34-29-22-19-16-13-10-7-2/h52-55,60H,6-51H2,1-5H3,(H,65,66)(H,67,68)/t53-,54+,55+/m0/s1. The van der Waals surface area contributed by atoms with Crippen molar-refractivity contribution in [2.75, 3.05) is 39.6 Å². The van der Waals surface area contributed by atoms with Gasteiger partial charge in [-0.3, -0.25) is 37.3 Å². The molecule has 0 amide bonds. The summed E-state index contributed by atoms with van der Waals surface area (Å²) in [6, 6.07) is 0. The minimum absolute atomic E-state index is 0.105. The Morgan fingerprint density at radius 3 is 0.872 bits per heavy atom. The fraction of sp³-hybridized carbons (Fsp3) is 0.932. The fourth-order valence-corrected chi connectivity index (χ4v) is 10.3. The smallest absolute Gasteiger partial charge is 0.462 e. The summed E-state index contributed by atoms with van der Waals surface area (Å²) in [4.78, 5) is 71.8. The summed E-state index contributed by atoms with van der Waals surface area (Å²) in [5, 5.41) is 10.5. The summed E-state index contributed by atoms with van der Waals surface area (Å²) in [6.45, 7) is 7.05. The first-order valence-corrected chi connectivity index (χ1v) is 34.1. The van der Waals surface area contributed by atoms with Gasteiger partial charge in [-0.2, -0.15) is 0 Å². The van der Waals surface area contributed by atoms with E-state index in [2.05, 4.69) is 34.6 Å². The predicted octanol–water partition coefficient (Wildman–Crippen LogP) is 15.8. The Morgan fingerprint density at radius 1 is 0.346 bits per heavy atom. The van der Waals surface area contributed by atoms with Crippen LogP contribution in [0.5, 0.6) is 0 Å². The lowest BCUT2D eigenvalue weighted by Gasteiger charge is -2.21. The first kappa shape index (κ1) is 76.1. The molecule has 462 valence electrons. The zero-order chi connectivity index (χ0) is 57.8. The Kier molecular flexibility index (Phi) is 51.8. The van der Waals surface area contributed by atoms with Crippen molar-refractivity contribution in [3.63, 3.8) is 0 Å². The highest BCUT2D eigenvalue weighted by Gasteiger charge is 2.30. The quantitative estimate of drug-likeness (QED) is 0.0222. The van der Waals surface area contributed by atoms with Gasteiger partial charge in [0.25, 0.3) is 0 Å². The Labute approximate surface area is 473 Å². The van der Waals surface area contributed by atoms with E-state index in [1.165, 1.54) is 103 Å². The molecule has 0 heterocycles. The van der Waals surface area contributed by atoms with Crippen LogP contribution in [0.15, 0.2) is 0 Å². The fourth-order valence-electron chi connectivity index (χ4n) is 8.70. The molecule has 5 atom stereocenters. The maximum Gasteiger partial charge on any atom is 0.472 e. The van der Waals surface area contributed by atoms with Crippen molar-refractivity contribution < 1.29 is 80.2 Å². The van der Waals surface area contributed by atoms with E-state index in [1.54, 1.807) is 0 Å². The van der Waals surface area contributed by atoms with Crippen LogP contribution < -0.4 is 0 Å². The number of aliphatic hydroxyl groups excluding tert-OH is 1. The van der Waals surface area contributed by atoms with Gasteiger partial charge in [-0.25, -0.2) is 9.13 Å². The summed E-state index contributed by atoms with van der Waals surface area (Å²) in [6.07, 6.45) is 34.9. The molecule has 17 nitrogen and oxygen atoms in total. The number of carbonyl (C=O) groups is 4. The van der Waals surface area contributed by atoms with Gasteiger partial charge in [0.2, 0.25) is 0 Å². The second-order valence-corrected chi connectivity index (χ2v) is 24.8. The largest absolute Gasteiger partial charge is 0.472 e. The van der Waals surface area contributed by atoms with Gasteiger partial charge in [-0.05, 0) is 31.6 Å². The van der Waals surface area contributed by atoms with Crippen LogP contribution in [0.25, 0.3) is 0 Å². The van der Waals surface area contributed by atoms with E-state index in [-0.39, 0.29) is 25.7 Å². The third-order valence-electron chi connectivity index (χ3n) is 13.5. The molecule has 0 rings (SSSR count). The van der Waals surface area contributed by atoms with Gasteiger partial charge in [0.1, 0.15) is 19.3 Å². The molecule has 0 aromatic rings. The maximum atomic E-state index is 12.9. The zero-order valence-electron chi connectivity index (χ0n) is 49.8. The molecule has 0 aliphatic heterocycles. The second-order valence-electron chi connectivity index (χ2n) is 21.9. The van der Waals surface area contributed by atoms with Crippen LogP contribution in [0, 0.1) is 5.92 Å². The zero-order valence-corrected chi connectivity index (χ0v) is 51.6. The van der Waals surface area contributed by atoms with Gasteiger partial charge in [-0.1, -0.05) is 240 Å². The number of ether oxygens (including phenoxy) is 4. The van der Waals surface area contributed by atoms with Crippen LogP contribution in [0.3, 0.4) is 0 Å². The van der Waals surface area contributed by atoms with Gasteiger partial charge in [0.15, 0.2) is 12.2 Å². The summed E-state index contributed by atoms with van der Waals surface area (Å²) in [7, 11) is -9.87. The van der Waals surface area contributed by atoms with Gasteiger partial charge < -0.3 is 33.8 Å². The van der Waals surface area contributed by atoms with Crippen LogP contribution in [0.4, 0.5) is 0 Å². The maximum absolute atomic E-state index is 12.9. The molecule has 0 fully saturated rings. The number of esters is 4. The molecule has 19 heteroatoms. The Morgan fingerprint density at radius 2 is 0.590 bits per heavy atom. The van der Waals surface area contributed by atoms with Crippen LogP contribution >= 0.6 is 15.6 Å². The molecular weight excluding hydrogens is 1040 g/mol. The lowest BCUT2D eigenvalue weighted by Crippen LogP contribution is -2.30. The lowest BCUT2D eigenvalue weighted by atomic mass is 10.0. The molecule has 0 aliphatic rings. The van der Waals surface area contributed by atoms with Crippen molar-refractivity contribution in [2.45, 2.75) is 310 Å². The van der Waals surface area contributed by atoms with Gasteiger partial charge >= 0.3 is 39.5 Å². The van der Waals surface area contributed by atoms with Crippen molar-refractivity contribution in [3.05, 3.63) is 0 Å². The average Bonchev–Trinajstić information content (AvgIpc) is 3.40. The van der Waals surface area contributed by atoms with Crippen LogP contribution in [-0.2, 0) is 65.4 Å². The van der Waals surface area contributed by atoms with E-state index in [9.17, 15) is 43.2 Å². The van der Waals surface area contributed by atoms with E-state index in [4.69, 9.17) is 37.0 Å². The van der Waals surface area contributed by atoms with Gasteiger partial charge in [-0.15, -0.1) is 0 Å². The predicted molar refractivity (Wildman–Crippen MR) is 308 cm³/mol. The van der Waals surface area contributed by atoms with E-state index < -0.39 is 97.5 Å². The van der Waals surface area contributed by atoms with Crippen molar-refractivity contribution in [3.8, 4) is 0 Å². The number of phosphoric acid groups is 2. The Hall–Kier alpha value is -1.94. The SMILES string of the molecule is CCCCCCCCCCCCCC(=O)OC[C@H](COP(=O)(O)OC[C@@H](O)COP(=O)(O)OC[C@@H](COC(=O)CCCCCCCCC)OC(=O)CCCCCCCCCCC)OC(=O)CCCCCCCCCCC(C)C. The van der Waals surface area contributed by atoms with E-state index >= 15 is 0 Å². The van der Waals surface area contributed by atoms with Gasteiger partial charge in [0.05, 0.1) is 26.4 Å². The summed E-state index contributed by atoms with van der Waals surface area (Å²) in [5.74, 6) is -1.43. The number of unbranched alkanes of at least 4 members (excludes halogenated alkanes) is 31. The second kappa shape index (κ2) is 53.1. The Balaban J connectivity index is 5.21. The summed E-state index contributed by atoms with van der Waals surface area (Å²) < 4.78 is 67.6. The van der Waals surface area contributed by atoms with Crippen molar-refractivity contribution in [1.82, 2.24) is 0 Å². The first-order valence-electron chi connectivity index (χ1n) is 31.1. The average molecular weight is 1160 g/mol. The number of aliphatic hydroxyl groups is 1. The topological polar surface area (TPSA) is 237 Å². The number of phosphoric ester groups is 2. The third-order valence-corrected chi connectivity index (χ3v) is 15.4. The summed E-state index contributed by atoms with van der Waals surface area (Å²) >= 11 is 0. The minimum Gasteiger partial charge on any atom is -0.462 e. The van der Waals surface area contributed by atoms with Crippen molar-refractivity contribution in [2.24, 2.45) is 5.92 Å². The summed E-state index contributed by atoms with van der Waals surface area (Å²) in [5.41, 5.74) is 0. The normalized spacial score (nSPS) is 14.4. The molecule has 2 unspecified atom stereocenters. The van der Waals surface area contributed by atoms with Crippen molar-refractivity contribution >= 4 is 39.5 Å². The lowest BCUT2D eigenvalue weighted by molar-refractivity contribution is -0.161. The first-order chi connectivity index (χ1) is 37.5. The molecule has 78 heavy (non-hydrogen) atoms. The highest BCUT2D eigenvalue weighted by atomic mass is 31.2. The molecule has 0 spiro atoms. The highest BCUT2D eigenvalue weighted by molar-refractivity contribution is 7.47. The molecule has 0 saturated heterocycles. The van der Waals surface area contributed by atoms with Gasteiger partial charge in [0, 0.05) is 25.7 Å². The van der Waals surface area contributed by atoms with E-state index in [0.29, 0.717) is 25.7 Å². The van der Waals surface area contributed by atoms with E-state index in [0.717, 1.165) is 109 Å². The van der Waals surface area contributed by atoms with E-state index in [1.807, 2.05) is 0 Å². The number of hydrogen-bond donors (Lipinski definition) is 3. The third kappa shape index (κ3) is 53.4. The Bertz CT molecular complexity index is 1530. The molecule has 3 N–H and O–H groups in total. The molecule has 0 aliphatic carbocycles. The molecule has 0 bridgehead atoms. The monoisotopic (exact) mass is 1160 g/mol. The number of rotatable bonds is 59. The number of carbonyl (C=O) groups excluding carboxylic acids is 4. The van der Waals surface area contributed by atoms with Crippen LogP contribution in [-0.4, -0.2) is 96.7 Å². The highest BCUT2D eigenvalue weighted by Crippen LogP contribution is 2.45. The minimum atomic E-state index is -4.94. The molecule has 0 radical (unpaired) electrons. The molecule has 0 aromatic heterocycles. The van der Waals surface area contributed by atoms with Crippen LogP contribution in [0.2, 0.25) is 0 Å². The number of hydrogen-bond acceptors (Lipinski definition) is 15. The molecule has 0 aromatic carbocycles. The van der Waals surface area contributed by atoms with Crippen molar-refractivity contribution in [1.29, 1.82) is 0 Å². The van der Waals surface area contributed by atoms with Crippen LogP contribution in [0.1, 0.15) is 291 Å². The molecular formula is C59H114O17P2. The molecule has 0 saturated carbocycles.